The number of carbonyl (C=O) groups is 1. The average molecular weight is 266 g/mol. The highest BCUT2D eigenvalue weighted by Crippen LogP contribution is 2.30. The van der Waals surface area contributed by atoms with Gasteiger partial charge in [0, 0.05) is 18.0 Å². The summed E-state index contributed by atoms with van der Waals surface area (Å²) in [5.74, 6) is 1.85. The molecule has 2 rings (SSSR count). The molecular formula is C12H14N2O3S. The van der Waals surface area contributed by atoms with E-state index in [9.17, 15) is 4.79 Å². The highest BCUT2D eigenvalue weighted by Gasteiger charge is 2.14. The van der Waals surface area contributed by atoms with Crippen molar-refractivity contribution in [2.75, 3.05) is 25.4 Å². The number of rotatable bonds is 3. The van der Waals surface area contributed by atoms with Gasteiger partial charge in [-0.05, 0) is 17.5 Å². The van der Waals surface area contributed by atoms with Gasteiger partial charge in [0.2, 0.25) is 0 Å². The number of hydrogen-bond donors (Lipinski definition) is 1. The molecule has 0 aliphatic carbocycles. The molecule has 0 unspecified atom stereocenters. The summed E-state index contributed by atoms with van der Waals surface area (Å²) in [7, 11) is 3.13. The standard InChI is InChI=1S/C12H14N2O3S/c1-16-10-4-3-9(7-11(10)17-2)13-12(15)14-5-6-18-8-14/h3-7H,8H2,1-2H3,(H,13,15). The van der Waals surface area contributed by atoms with Crippen molar-refractivity contribution in [3.05, 3.63) is 29.8 Å². The minimum atomic E-state index is -0.163. The van der Waals surface area contributed by atoms with Crippen LogP contribution < -0.4 is 14.8 Å². The summed E-state index contributed by atoms with van der Waals surface area (Å²) in [4.78, 5) is 13.4. The van der Waals surface area contributed by atoms with Crippen LogP contribution in [0, 0.1) is 0 Å². The number of nitrogens with zero attached hydrogens (tertiary/aromatic N) is 1. The van der Waals surface area contributed by atoms with Crippen molar-refractivity contribution in [2.24, 2.45) is 0 Å². The number of urea groups is 1. The Morgan fingerprint density at radius 1 is 1.33 bits per heavy atom. The minimum Gasteiger partial charge on any atom is -0.493 e. The summed E-state index contributed by atoms with van der Waals surface area (Å²) in [5.41, 5.74) is 0.669. The van der Waals surface area contributed by atoms with E-state index in [2.05, 4.69) is 5.32 Å². The van der Waals surface area contributed by atoms with Gasteiger partial charge in [-0.1, -0.05) is 0 Å². The van der Waals surface area contributed by atoms with Crippen LogP contribution in [-0.4, -0.2) is 31.0 Å². The van der Waals surface area contributed by atoms with Crippen molar-refractivity contribution in [1.29, 1.82) is 0 Å². The highest BCUT2D eigenvalue weighted by molar-refractivity contribution is 8.02. The van der Waals surface area contributed by atoms with E-state index < -0.39 is 0 Å². The molecule has 0 atom stereocenters. The smallest absolute Gasteiger partial charge is 0.326 e. The Kier molecular flexibility index (Phi) is 3.99. The molecule has 5 nitrogen and oxygen atoms in total. The molecule has 0 saturated heterocycles. The lowest BCUT2D eigenvalue weighted by molar-refractivity contribution is 0.234. The van der Waals surface area contributed by atoms with E-state index in [1.165, 1.54) is 0 Å². The Labute approximate surface area is 110 Å². The zero-order valence-corrected chi connectivity index (χ0v) is 11.0. The van der Waals surface area contributed by atoms with Crippen LogP contribution in [0.1, 0.15) is 0 Å². The first-order valence-corrected chi connectivity index (χ1v) is 6.37. The van der Waals surface area contributed by atoms with E-state index in [1.54, 1.807) is 55.3 Å². The molecule has 0 aromatic heterocycles. The molecule has 1 aromatic rings. The second-order valence-corrected chi connectivity index (χ2v) is 4.41. The van der Waals surface area contributed by atoms with Crippen LogP contribution in [0.5, 0.6) is 11.5 Å². The second kappa shape index (κ2) is 5.68. The van der Waals surface area contributed by atoms with E-state index in [0.717, 1.165) is 0 Å². The molecule has 0 spiro atoms. The lowest BCUT2D eigenvalue weighted by Crippen LogP contribution is -2.28. The Bertz CT molecular complexity index is 476. The Balaban J connectivity index is 2.09. The summed E-state index contributed by atoms with van der Waals surface area (Å²) in [6.07, 6.45) is 1.75. The van der Waals surface area contributed by atoms with Gasteiger partial charge in [0.25, 0.3) is 0 Å². The summed E-state index contributed by atoms with van der Waals surface area (Å²) >= 11 is 1.57. The Hall–Kier alpha value is -1.82. The topological polar surface area (TPSA) is 50.8 Å². The van der Waals surface area contributed by atoms with Crippen molar-refractivity contribution in [1.82, 2.24) is 4.90 Å². The maximum absolute atomic E-state index is 11.8. The molecular weight excluding hydrogens is 252 g/mol. The van der Waals surface area contributed by atoms with Crippen molar-refractivity contribution < 1.29 is 14.3 Å². The Morgan fingerprint density at radius 2 is 2.11 bits per heavy atom. The van der Waals surface area contributed by atoms with Crippen LogP contribution in [0.15, 0.2) is 29.8 Å². The van der Waals surface area contributed by atoms with Gasteiger partial charge in [0.1, 0.15) is 0 Å². The molecule has 2 amide bonds. The van der Waals surface area contributed by atoms with Gasteiger partial charge in [0.05, 0.1) is 20.1 Å². The van der Waals surface area contributed by atoms with Crippen LogP contribution in [0.3, 0.4) is 0 Å². The quantitative estimate of drug-likeness (QED) is 0.914. The number of benzene rings is 1. The van der Waals surface area contributed by atoms with Gasteiger partial charge < -0.3 is 14.8 Å². The number of thioether (sulfide) groups is 1. The molecule has 1 aliphatic rings. The van der Waals surface area contributed by atoms with Crippen LogP contribution in [0.4, 0.5) is 10.5 Å². The van der Waals surface area contributed by atoms with Crippen LogP contribution in [0.2, 0.25) is 0 Å². The molecule has 0 radical (unpaired) electrons. The molecule has 18 heavy (non-hydrogen) atoms. The van der Waals surface area contributed by atoms with Crippen molar-refractivity contribution in [3.8, 4) is 11.5 Å². The fraction of sp³-hybridized carbons (Fsp3) is 0.250. The Morgan fingerprint density at radius 3 is 2.72 bits per heavy atom. The van der Waals surface area contributed by atoms with Crippen LogP contribution in [-0.2, 0) is 0 Å². The third-order valence-electron chi connectivity index (χ3n) is 2.45. The lowest BCUT2D eigenvalue weighted by atomic mass is 10.3. The normalized spacial score (nSPS) is 13.6. The van der Waals surface area contributed by atoms with E-state index in [4.69, 9.17) is 9.47 Å². The third-order valence-corrected chi connectivity index (χ3v) is 3.19. The molecule has 1 aromatic carbocycles. The molecule has 0 saturated carbocycles. The van der Waals surface area contributed by atoms with Gasteiger partial charge in [-0.15, -0.1) is 11.8 Å². The number of anilines is 1. The fourth-order valence-electron chi connectivity index (χ4n) is 1.52. The van der Waals surface area contributed by atoms with Crippen LogP contribution in [0.25, 0.3) is 0 Å². The molecule has 1 aliphatic heterocycles. The first-order chi connectivity index (χ1) is 8.74. The molecule has 1 N–H and O–H groups in total. The predicted octanol–water partition coefficient (Wildman–Crippen LogP) is 2.71. The SMILES string of the molecule is COc1ccc(NC(=O)N2C=CSC2)cc1OC. The fourth-order valence-corrected chi connectivity index (χ4v) is 2.20. The number of ether oxygens (including phenoxy) is 2. The average Bonchev–Trinajstić information content (AvgIpc) is 2.92. The predicted molar refractivity (Wildman–Crippen MR) is 72.0 cm³/mol. The molecule has 1 heterocycles. The van der Waals surface area contributed by atoms with Crippen molar-refractivity contribution in [3.63, 3.8) is 0 Å². The molecule has 96 valence electrons. The number of hydrogen-bond acceptors (Lipinski definition) is 4. The zero-order chi connectivity index (χ0) is 13.0. The van der Waals surface area contributed by atoms with Crippen molar-refractivity contribution in [2.45, 2.75) is 0 Å². The molecule has 0 fully saturated rings. The van der Waals surface area contributed by atoms with E-state index in [1.807, 2.05) is 5.41 Å². The number of methoxy groups -OCH3 is 2. The zero-order valence-electron chi connectivity index (χ0n) is 10.2. The first kappa shape index (κ1) is 12.6. The minimum absolute atomic E-state index is 0.163. The van der Waals surface area contributed by atoms with Crippen molar-refractivity contribution >= 4 is 23.5 Å². The first-order valence-electron chi connectivity index (χ1n) is 5.32. The summed E-state index contributed by atoms with van der Waals surface area (Å²) < 4.78 is 10.3. The van der Waals surface area contributed by atoms with E-state index in [-0.39, 0.29) is 6.03 Å². The summed E-state index contributed by atoms with van der Waals surface area (Å²) in [6.45, 7) is 0. The monoisotopic (exact) mass is 266 g/mol. The summed E-state index contributed by atoms with van der Waals surface area (Å²) in [6, 6.07) is 5.09. The van der Waals surface area contributed by atoms with Gasteiger partial charge in [-0.25, -0.2) is 4.79 Å². The highest BCUT2D eigenvalue weighted by atomic mass is 32.2. The van der Waals surface area contributed by atoms with Gasteiger partial charge >= 0.3 is 6.03 Å². The number of amides is 2. The largest absolute Gasteiger partial charge is 0.493 e. The van der Waals surface area contributed by atoms with E-state index >= 15 is 0 Å². The van der Waals surface area contributed by atoms with E-state index in [0.29, 0.717) is 23.1 Å². The van der Waals surface area contributed by atoms with Gasteiger partial charge in [-0.2, -0.15) is 0 Å². The maximum Gasteiger partial charge on any atom is 0.326 e. The summed E-state index contributed by atoms with van der Waals surface area (Å²) in [5, 5.41) is 4.68. The molecule has 6 heteroatoms. The van der Waals surface area contributed by atoms with Crippen LogP contribution >= 0.6 is 11.8 Å². The number of nitrogens with one attached hydrogen (secondary N) is 1. The van der Waals surface area contributed by atoms with Gasteiger partial charge in [0.15, 0.2) is 11.5 Å². The maximum atomic E-state index is 11.8. The molecule has 0 bridgehead atoms. The van der Waals surface area contributed by atoms with Gasteiger partial charge in [-0.3, -0.25) is 4.90 Å². The second-order valence-electron chi connectivity index (χ2n) is 3.55. The number of carbonyl (C=O) groups excluding carboxylic acids is 1. The third kappa shape index (κ3) is 2.70. The lowest BCUT2D eigenvalue weighted by Gasteiger charge is -2.15.